The van der Waals surface area contributed by atoms with Crippen molar-refractivity contribution in [3.05, 3.63) is 30.3 Å². The van der Waals surface area contributed by atoms with E-state index in [-0.39, 0.29) is 23.3 Å². The van der Waals surface area contributed by atoms with Crippen LogP contribution in [0.4, 0.5) is 0 Å². The van der Waals surface area contributed by atoms with Gasteiger partial charge in [0.2, 0.25) is 14.2 Å². The molecule has 0 aromatic heterocycles. The molecule has 1 aliphatic heterocycles. The molecule has 0 bridgehead atoms. The van der Waals surface area contributed by atoms with Crippen molar-refractivity contribution in [2.75, 3.05) is 7.11 Å². The molecule has 1 aliphatic rings. The van der Waals surface area contributed by atoms with Crippen molar-refractivity contribution in [3.63, 3.8) is 0 Å². The molecule has 8 heteroatoms. The van der Waals surface area contributed by atoms with Crippen LogP contribution in [-0.2, 0) is 18.8 Å². The number of likely N-dealkylation sites (tertiary alicyclic amines) is 1. The van der Waals surface area contributed by atoms with Crippen LogP contribution < -0.4 is 5.19 Å². The van der Waals surface area contributed by atoms with Gasteiger partial charge in [-0.25, -0.2) is 4.79 Å². The first-order valence-electron chi connectivity index (χ1n) is 11.1. The molecule has 0 aliphatic carbocycles. The number of methoxy groups -OCH3 is 1. The van der Waals surface area contributed by atoms with E-state index in [1.165, 1.54) is 12.3 Å². The summed E-state index contributed by atoms with van der Waals surface area (Å²) in [7, 11) is -4.40. The number of carbonyl (C=O) groups is 2. The van der Waals surface area contributed by atoms with Gasteiger partial charge in [-0.05, 0) is 32.1 Å². The Morgan fingerprint density at radius 3 is 1.90 bits per heavy atom. The zero-order valence-corrected chi connectivity index (χ0v) is 24.2. The van der Waals surface area contributed by atoms with Gasteiger partial charge in [0.05, 0.1) is 35.3 Å². The first-order valence-corrected chi connectivity index (χ1v) is 21.2. The van der Waals surface area contributed by atoms with Crippen molar-refractivity contribution >= 4 is 41.5 Å². The molecule has 0 radical (unpaired) electrons. The Hall–Kier alpha value is -1.23. The third-order valence-corrected chi connectivity index (χ3v) is 18.2. The van der Waals surface area contributed by atoms with Crippen LogP contribution in [0.1, 0.15) is 13.8 Å². The summed E-state index contributed by atoms with van der Waals surface area (Å²) in [6.07, 6.45) is -0.376. The molecular weight excluding hydrogens is 439 g/mol. The molecule has 1 saturated heterocycles. The highest BCUT2D eigenvalue weighted by Gasteiger charge is 2.69. The first kappa shape index (κ1) is 26.0. The van der Waals surface area contributed by atoms with E-state index in [1.807, 2.05) is 36.9 Å². The monoisotopic (exact) mass is 479 g/mol. The highest BCUT2D eigenvalue weighted by Crippen LogP contribution is 2.47. The van der Waals surface area contributed by atoms with E-state index < -0.39 is 35.9 Å². The smallest absolute Gasteiger partial charge is 0.332 e. The summed E-state index contributed by atoms with van der Waals surface area (Å²) in [5.74, 6) is -0.841. The Morgan fingerprint density at radius 2 is 1.48 bits per heavy atom. The molecule has 0 spiro atoms. The van der Waals surface area contributed by atoms with E-state index in [1.54, 1.807) is 0 Å². The minimum Gasteiger partial charge on any atom is -0.467 e. The van der Waals surface area contributed by atoms with E-state index in [2.05, 4.69) is 64.5 Å². The molecule has 0 unspecified atom stereocenters. The van der Waals surface area contributed by atoms with E-state index >= 15 is 0 Å². The number of hydrogen-bond acceptors (Lipinski definition) is 4. The lowest BCUT2D eigenvalue weighted by Gasteiger charge is -2.62. The Labute approximate surface area is 191 Å². The highest BCUT2D eigenvalue weighted by molar-refractivity contribution is 6.96. The second-order valence-corrected chi connectivity index (χ2v) is 26.6. The maximum Gasteiger partial charge on any atom is 0.332 e. The molecule has 5 nitrogen and oxygen atoms in total. The number of esters is 1. The van der Waals surface area contributed by atoms with Gasteiger partial charge in [-0.15, -0.1) is 0 Å². The molecule has 0 N–H and O–H groups in total. The van der Waals surface area contributed by atoms with E-state index in [0.717, 1.165) is 0 Å². The van der Waals surface area contributed by atoms with Crippen LogP contribution in [0, 0.1) is 5.92 Å². The van der Waals surface area contributed by atoms with Gasteiger partial charge in [-0.1, -0.05) is 69.6 Å². The molecular formula is C23H41NO4Si3. The minimum atomic E-state index is -2.25. The van der Waals surface area contributed by atoms with Crippen LogP contribution in [0.3, 0.4) is 0 Å². The number of rotatable bonds is 8. The van der Waals surface area contributed by atoms with Crippen LogP contribution in [0.5, 0.6) is 0 Å². The Morgan fingerprint density at radius 1 is 1.00 bits per heavy atom. The van der Waals surface area contributed by atoms with Crippen LogP contribution >= 0.6 is 0 Å². The fourth-order valence-corrected chi connectivity index (χ4v) is 20.6. The standard InChI is InChI=1S/C23H41NO4Si3/c1-17(28-31(10,11)18-15-13-12-14-16-18)19-20(25)24(23(19,2)21(26)27-3)22(29(4,5)6)30(7,8)9/h12-17,19,22H,1-11H3/t17-,19-,23+/m0/s1. The normalized spacial score (nSPS) is 23.5. The van der Waals surface area contributed by atoms with Gasteiger partial charge in [-0.2, -0.15) is 0 Å². The van der Waals surface area contributed by atoms with Gasteiger partial charge in [0, 0.05) is 5.29 Å². The number of ether oxygens (including phenoxy) is 1. The van der Waals surface area contributed by atoms with Gasteiger partial charge >= 0.3 is 5.97 Å². The van der Waals surface area contributed by atoms with Crippen LogP contribution in [0.2, 0.25) is 52.4 Å². The Kier molecular flexibility index (Phi) is 7.23. The van der Waals surface area contributed by atoms with Crippen LogP contribution in [0.25, 0.3) is 0 Å². The van der Waals surface area contributed by atoms with Crippen molar-refractivity contribution in [2.24, 2.45) is 5.92 Å². The fraction of sp³-hybridized carbons (Fsp3) is 0.652. The minimum absolute atomic E-state index is 0.0353. The highest BCUT2D eigenvalue weighted by atomic mass is 28.4. The summed E-state index contributed by atoms with van der Waals surface area (Å²) in [6.45, 7) is 21.9. The number of β-lactam (4-membered cyclic amide) rings is 1. The molecule has 1 aromatic carbocycles. The first-order chi connectivity index (χ1) is 14.0. The summed E-state index contributed by atoms with van der Waals surface area (Å²) < 4.78 is 11.9. The quantitative estimate of drug-likeness (QED) is 0.321. The zero-order chi connectivity index (χ0) is 24.0. The molecule has 1 heterocycles. The lowest BCUT2D eigenvalue weighted by molar-refractivity contribution is -0.194. The number of nitrogens with zero attached hydrogens (tertiary/aromatic N) is 1. The molecule has 1 fully saturated rings. The molecule has 174 valence electrons. The van der Waals surface area contributed by atoms with E-state index in [4.69, 9.17) is 9.16 Å². The van der Waals surface area contributed by atoms with E-state index in [0.29, 0.717) is 0 Å². The van der Waals surface area contributed by atoms with Gasteiger partial charge in [0.1, 0.15) is 0 Å². The fourth-order valence-electron chi connectivity index (χ4n) is 5.70. The molecule has 3 atom stereocenters. The number of carbonyl (C=O) groups excluding carboxylic acids is 2. The van der Waals surface area contributed by atoms with Crippen molar-refractivity contribution in [1.82, 2.24) is 4.90 Å². The van der Waals surface area contributed by atoms with Crippen molar-refractivity contribution in [2.45, 2.75) is 83.2 Å². The molecule has 0 saturated carbocycles. The predicted molar refractivity (Wildman–Crippen MR) is 135 cm³/mol. The number of amides is 1. The summed E-state index contributed by atoms with van der Waals surface area (Å²) in [5, 5.41) is 1.31. The Bertz CT molecular complexity index is 802. The summed E-state index contributed by atoms with van der Waals surface area (Å²) in [4.78, 5) is 28.7. The van der Waals surface area contributed by atoms with Crippen molar-refractivity contribution in [1.29, 1.82) is 0 Å². The lowest BCUT2D eigenvalue weighted by atomic mass is 9.72. The zero-order valence-electron chi connectivity index (χ0n) is 21.2. The summed E-state index contributed by atoms with van der Waals surface area (Å²) >= 11 is 0. The van der Waals surface area contributed by atoms with E-state index in [9.17, 15) is 9.59 Å². The summed E-state index contributed by atoms with van der Waals surface area (Å²) in [5.41, 5.74) is -1.00. The van der Waals surface area contributed by atoms with Crippen LogP contribution in [-0.4, -0.2) is 65.3 Å². The third kappa shape index (κ3) is 4.77. The molecule has 1 aromatic rings. The van der Waals surface area contributed by atoms with Gasteiger partial charge in [-0.3, -0.25) is 4.79 Å². The van der Waals surface area contributed by atoms with Crippen LogP contribution in [0.15, 0.2) is 30.3 Å². The summed E-state index contributed by atoms with van der Waals surface area (Å²) in [6, 6.07) is 10.2. The average molecular weight is 480 g/mol. The Balaban J connectivity index is 2.45. The van der Waals surface area contributed by atoms with Gasteiger partial charge < -0.3 is 14.1 Å². The van der Waals surface area contributed by atoms with Crippen molar-refractivity contribution < 1.29 is 18.8 Å². The molecule has 2 rings (SSSR count). The molecule has 1 amide bonds. The second-order valence-electron chi connectivity index (χ2n) is 11.7. The maximum atomic E-state index is 13.7. The predicted octanol–water partition coefficient (Wildman–Crippen LogP) is 4.02. The number of benzene rings is 1. The average Bonchev–Trinajstić information content (AvgIpc) is 2.63. The topological polar surface area (TPSA) is 55.8 Å². The van der Waals surface area contributed by atoms with Gasteiger partial charge in [0.25, 0.3) is 0 Å². The maximum absolute atomic E-state index is 13.7. The van der Waals surface area contributed by atoms with Gasteiger partial charge in [0.15, 0.2) is 5.54 Å². The SMILES string of the molecule is COC(=O)[C@@]1(C)[C@@H]([C@H](C)O[Si](C)(C)c2ccccc2)C(=O)N1C([Si](C)(C)C)[Si](C)(C)C. The lowest BCUT2D eigenvalue weighted by Crippen LogP contribution is -2.83. The largest absolute Gasteiger partial charge is 0.467 e. The number of hydrogen-bond donors (Lipinski definition) is 0. The van der Waals surface area contributed by atoms with Crippen molar-refractivity contribution in [3.8, 4) is 0 Å². The second kappa shape index (κ2) is 8.61. The third-order valence-electron chi connectivity index (χ3n) is 6.53. The molecule has 31 heavy (non-hydrogen) atoms.